The Labute approximate surface area is 158 Å². The van der Waals surface area contributed by atoms with Crippen LogP contribution >= 0.6 is 24.0 Å². The summed E-state index contributed by atoms with van der Waals surface area (Å²) in [6.07, 6.45) is 5.12. The third-order valence-electron chi connectivity index (χ3n) is 4.19. The summed E-state index contributed by atoms with van der Waals surface area (Å²) in [7, 11) is 3.98. The largest absolute Gasteiger partial charge is 0.370 e. The summed E-state index contributed by atoms with van der Waals surface area (Å²) in [5.41, 5.74) is 5.32. The van der Waals surface area contributed by atoms with E-state index in [2.05, 4.69) is 34.1 Å². The van der Waals surface area contributed by atoms with Crippen molar-refractivity contribution in [1.82, 2.24) is 15.1 Å². The van der Waals surface area contributed by atoms with E-state index in [1.165, 1.54) is 12.8 Å². The van der Waals surface area contributed by atoms with Crippen molar-refractivity contribution in [2.45, 2.75) is 39.0 Å². The van der Waals surface area contributed by atoms with Gasteiger partial charge in [-0.3, -0.25) is 9.79 Å². The highest BCUT2D eigenvalue weighted by Gasteiger charge is 2.23. The molecule has 0 saturated carbocycles. The average Bonchev–Trinajstić information content (AvgIpc) is 2.49. The Morgan fingerprint density at radius 1 is 1.43 bits per heavy atom. The molecule has 1 aliphatic heterocycles. The minimum atomic E-state index is -0.202. The summed E-state index contributed by atoms with van der Waals surface area (Å²) < 4.78 is 0. The van der Waals surface area contributed by atoms with Crippen molar-refractivity contribution in [3.8, 4) is 0 Å². The summed E-state index contributed by atoms with van der Waals surface area (Å²) >= 11 is 0. The summed E-state index contributed by atoms with van der Waals surface area (Å²) in [6, 6.07) is 0. The van der Waals surface area contributed by atoms with Gasteiger partial charge < -0.3 is 20.9 Å². The lowest BCUT2D eigenvalue weighted by Crippen LogP contribution is -2.48. The first-order valence-corrected chi connectivity index (χ1v) is 8.49. The van der Waals surface area contributed by atoms with E-state index in [0.717, 1.165) is 51.5 Å². The van der Waals surface area contributed by atoms with E-state index in [4.69, 9.17) is 5.73 Å². The van der Waals surface area contributed by atoms with E-state index in [0.29, 0.717) is 12.3 Å². The summed E-state index contributed by atoms with van der Waals surface area (Å²) in [5.74, 6) is 1.10. The topological polar surface area (TPSA) is 74.0 Å². The molecule has 1 heterocycles. The number of aliphatic imine (C=N–C) groups is 1. The van der Waals surface area contributed by atoms with E-state index in [1.54, 1.807) is 0 Å². The summed E-state index contributed by atoms with van der Waals surface area (Å²) in [6.45, 7) is 7.13. The minimum absolute atomic E-state index is 0. The van der Waals surface area contributed by atoms with Crippen molar-refractivity contribution in [2.24, 2.45) is 16.6 Å². The Bertz CT molecular complexity index is 364. The molecule has 136 valence electrons. The van der Waals surface area contributed by atoms with Crippen molar-refractivity contribution in [3.63, 3.8) is 0 Å². The van der Waals surface area contributed by atoms with Gasteiger partial charge in [0, 0.05) is 39.6 Å². The molecule has 1 amide bonds. The van der Waals surface area contributed by atoms with Crippen LogP contribution in [0.2, 0.25) is 0 Å². The molecule has 0 aromatic rings. The maximum absolute atomic E-state index is 11.1. The van der Waals surface area contributed by atoms with Crippen molar-refractivity contribution < 1.29 is 4.79 Å². The van der Waals surface area contributed by atoms with Crippen LogP contribution in [0.4, 0.5) is 0 Å². The lowest BCUT2D eigenvalue weighted by atomic mass is 9.95. The predicted molar refractivity (Wildman–Crippen MR) is 107 cm³/mol. The quantitative estimate of drug-likeness (QED) is 0.342. The number of nitrogens with two attached hydrogens (primary N) is 1. The molecular formula is C16H34IN5O. The maximum Gasteiger partial charge on any atom is 0.217 e. The number of guanidine groups is 1. The van der Waals surface area contributed by atoms with Gasteiger partial charge in [0.05, 0.1) is 0 Å². The summed E-state index contributed by atoms with van der Waals surface area (Å²) in [5, 5.41) is 3.44. The third-order valence-corrected chi connectivity index (χ3v) is 4.19. The number of unbranched alkanes of at least 4 members (excludes halogenated alkanes) is 1. The number of nitrogens with zero attached hydrogens (tertiary/aromatic N) is 3. The Hall–Kier alpha value is -0.570. The van der Waals surface area contributed by atoms with Gasteiger partial charge in [0.25, 0.3) is 0 Å². The van der Waals surface area contributed by atoms with E-state index in [1.807, 2.05) is 7.05 Å². The number of piperidine rings is 1. The molecule has 1 fully saturated rings. The van der Waals surface area contributed by atoms with Crippen LogP contribution in [0.3, 0.4) is 0 Å². The lowest BCUT2D eigenvalue weighted by Gasteiger charge is -2.34. The Morgan fingerprint density at radius 2 is 2.17 bits per heavy atom. The number of rotatable bonds is 8. The molecule has 0 radical (unpaired) electrons. The van der Waals surface area contributed by atoms with Crippen LogP contribution in [0.15, 0.2) is 4.99 Å². The second kappa shape index (κ2) is 12.8. The first-order chi connectivity index (χ1) is 10.6. The summed E-state index contributed by atoms with van der Waals surface area (Å²) in [4.78, 5) is 20.1. The Balaban J connectivity index is 0.00000484. The van der Waals surface area contributed by atoms with Crippen molar-refractivity contribution >= 4 is 35.8 Å². The van der Waals surface area contributed by atoms with Gasteiger partial charge in [0.15, 0.2) is 5.96 Å². The number of carbonyl (C=O) groups excluding carboxylic acids is 1. The standard InChI is InChI=1S/C16H33N5O.HI/c1-4-5-9-20(3)11-8-19-16(18-2)21-10-6-7-14(13-21)12-15(17)22;/h14H,4-13H2,1-3H3,(H2,17,22)(H,18,19);1H. The molecule has 0 bridgehead atoms. The number of hydrogen-bond donors (Lipinski definition) is 2. The van der Waals surface area contributed by atoms with Crippen LogP contribution in [-0.4, -0.2) is 68.5 Å². The molecule has 1 unspecified atom stereocenters. The molecule has 1 saturated heterocycles. The Kier molecular flexibility index (Phi) is 12.5. The zero-order valence-electron chi connectivity index (χ0n) is 14.9. The third kappa shape index (κ3) is 9.34. The Morgan fingerprint density at radius 3 is 2.78 bits per heavy atom. The molecule has 23 heavy (non-hydrogen) atoms. The van der Waals surface area contributed by atoms with Crippen LogP contribution in [0, 0.1) is 5.92 Å². The maximum atomic E-state index is 11.1. The lowest BCUT2D eigenvalue weighted by molar-refractivity contribution is -0.119. The van der Waals surface area contributed by atoms with Crippen molar-refractivity contribution in [3.05, 3.63) is 0 Å². The van der Waals surface area contributed by atoms with Crippen LogP contribution < -0.4 is 11.1 Å². The molecule has 6 nitrogen and oxygen atoms in total. The monoisotopic (exact) mass is 439 g/mol. The molecule has 1 atom stereocenters. The fraction of sp³-hybridized carbons (Fsp3) is 0.875. The number of likely N-dealkylation sites (tertiary alicyclic amines) is 1. The van der Waals surface area contributed by atoms with Gasteiger partial charge in [-0.05, 0) is 38.8 Å². The molecule has 0 spiro atoms. The van der Waals surface area contributed by atoms with Crippen LogP contribution in [0.25, 0.3) is 0 Å². The second-order valence-corrected chi connectivity index (χ2v) is 6.26. The highest BCUT2D eigenvalue weighted by molar-refractivity contribution is 14.0. The molecule has 1 rings (SSSR count). The van der Waals surface area contributed by atoms with Crippen LogP contribution in [0.1, 0.15) is 39.0 Å². The van der Waals surface area contributed by atoms with Gasteiger partial charge in [-0.2, -0.15) is 0 Å². The molecule has 1 aliphatic rings. The molecule has 7 heteroatoms. The zero-order chi connectivity index (χ0) is 16.4. The normalized spacial score (nSPS) is 18.7. The fourth-order valence-electron chi connectivity index (χ4n) is 2.94. The molecular weight excluding hydrogens is 405 g/mol. The number of likely N-dealkylation sites (N-methyl/N-ethyl adjacent to an activating group) is 1. The number of hydrogen-bond acceptors (Lipinski definition) is 3. The van der Waals surface area contributed by atoms with Crippen LogP contribution in [0.5, 0.6) is 0 Å². The van der Waals surface area contributed by atoms with E-state index >= 15 is 0 Å². The molecule has 0 aromatic carbocycles. The van der Waals surface area contributed by atoms with E-state index < -0.39 is 0 Å². The van der Waals surface area contributed by atoms with Crippen molar-refractivity contribution in [2.75, 3.05) is 46.8 Å². The first-order valence-electron chi connectivity index (χ1n) is 8.49. The van der Waals surface area contributed by atoms with Crippen molar-refractivity contribution in [1.29, 1.82) is 0 Å². The van der Waals surface area contributed by atoms with Crippen LogP contribution in [-0.2, 0) is 4.79 Å². The highest BCUT2D eigenvalue weighted by Crippen LogP contribution is 2.19. The second-order valence-electron chi connectivity index (χ2n) is 6.26. The van der Waals surface area contributed by atoms with Gasteiger partial charge in [0.2, 0.25) is 5.91 Å². The van der Waals surface area contributed by atoms with E-state index in [-0.39, 0.29) is 29.9 Å². The van der Waals surface area contributed by atoms with Gasteiger partial charge in [0.1, 0.15) is 0 Å². The van der Waals surface area contributed by atoms with Gasteiger partial charge in [-0.25, -0.2) is 0 Å². The number of amides is 1. The fourth-order valence-corrected chi connectivity index (χ4v) is 2.94. The first kappa shape index (κ1) is 22.4. The average molecular weight is 439 g/mol. The molecule has 0 aromatic heterocycles. The number of nitrogens with one attached hydrogen (secondary N) is 1. The number of carbonyl (C=O) groups is 1. The van der Waals surface area contributed by atoms with Gasteiger partial charge in [-0.1, -0.05) is 13.3 Å². The molecule has 0 aliphatic carbocycles. The SMILES string of the molecule is CCCCN(C)CCNC(=NC)N1CCCC(CC(N)=O)C1.I. The highest BCUT2D eigenvalue weighted by atomic mass is 127. The zero-order valence-corrected chi connectivity index (χ0v) is 17.2. The minimum Gasteiger partial charge on any atom is -0.370 e. The number of halogens is 1. The van der Waals surface area contributed by atoms with Gasteiger partial charge >= 0.3 is 0 Å². The smallest absolute Gasteiger partial charge is 0.217 e. The number of primary amides is 1. The predicted octanol–water partition coefficient (Wildman–Crippen LogP) is 1.50. The molecule has 3 N–H and O–H groups in total. The van der Waals surface area contributed by atoms with E-state index in [9.17, 15) is 4.79 Å². The van der Waals surface area contributed by atoms with Gasteiger partial charge in [-0.15, -0.1) is 24.0 Å².